The summed E-state index contributed by atoms with van der Waals surface area (Å²) in [5.41, 5.74) is 1.43. The molecular formula is C15H29NS. The maximum Gasteiger partial charge on any atom is 0.0957 e. The average Bonchev–Trinajstić information content (AvgIpc) is 2.68. The molecule has 0 fully saturated rings. The molecule has 1 heterocycles. The first-order valence-corrected chi connectivity index (χ1v) is 8.44. The molecule has 0 aliphatic carbocycles. The summed E-state index contributed by atoms with van der Waals surface area (Å²) in [4.78, 5) is 4.81. The van der Waals surface area contributed by atoms with Crippen molar-refractivity contribution in [1.29, 1.82) is 0 Å². The smallest absolute Gasteiger partial charge is 0.0957 e. The lowest BCUT2D eigenvalue weighted by atomic mass is 10.1. The fourth-order valence-electron chi connectivity index (χ4n) is 2.42. The van der Waals surface area contributed by atoms with Crippen LogP contribution in [0.2, 0.25) is 0 Å². The molecule has 0 radical (unpaired) electrons. The fourth-order valence-corrected chi connectivity index (χ4v) is 3.78. The van der Waals surface area contributed by atoms with E-state index in [4.69, 9.17) is 4.99 Å². The van der Waals surface area contributed by atoms with Crippen LogP contribution in [-0.4, -0.2) is 16.3 Å². The third-order valence-electron chi connectivity index (χ3n) is 3.56. The Bertz CT molecular complexity index is 225. The zero-order valence-electron chi connectivity index (χ0n) is 11.9. The molecule has 0 bridgehead atoms. The Kier molecular flexibility index (Phi) is 8.00. The predicted octanol–water partition coefficient (Wildman–Crippen LogP) is 5.44. The second kappa shape index (κ2) is 9.02. The number of unbranched alkanes of at least 4 members (excludes halogenated alkanes) is 6. The van der Waals surface area contributed by atoms with E-state index >= 15 is 0 Å². The van der Waals surface area contributed by atoms with E-state index in [0.717, 1.165) is 6.42 Å². The van der Waals surface area contributed by atoms with Crippen molar-refractivity contribution in [2.75, 3.05) is 0 Å². The minimum absolute atomic E-state index is 0.579. The van der Waals surface area contributed by atoms with E-state index in [1.165, 1.54) is 57.1 Å². The third-order valence-corrected chi connectivity index (χ3v) is 4.89. The topological polar surface area (TPSA) is 12.4 Å². The van der Waals surface area contributed by atoms with Gasteiger partial charge in [0.15, 0.2) is 0 Å². The van der Waals surface area contributed by atoms with Crippen LogP contribution in [0.5, 0.6) is 0 Å². The van der Waals surface area contributed by atoms with Crippen molar-refractivity contribution >= 4 is 17.5 Å². The normalized spacial score (nSPS) is 24.1. The SMILES string of the molecule is CCCCCCCCC[C@@H]1N=C(CC)[C@@H](C)S1. The Morgan fingerprint density at radius 3 is 2.24 bits per heavy atom. The zero-order chi connectivity index (χ0) is 12.5. The highest BCUT2D eigenvalue weighted by Crippen LogP contribution is 2.32. The van der Waals surface area contributed by atoms with Gasteiger partial charge >= 0.3 is 0 Å². The van der Waals surface area contributed by atoms with Gasteiger partial charge in [0.2, 0.25) is 0 Å². The van der Waals surface area contributed by atoms with Crippen molar-refractivity contribution < 1.29 is 0 Å². The number of thioether (sulfide) groups is 1. The van der Waals surface area contributed by atoms with Crippen LogP contribution >= 0.6 is 11.8 Å². The van der Waals surface area contributed by atoms with Gasteiger partial charge < -0.3 is 0 Å². The molecule has 100 valence electrons. The van der Waals surface area contributed by atoms with Crippen LogP contribution in [-0.2, 0) is 0 Å². The summed E-state index contributed by atoms with van der Waals surface area (Å²) >= 11 is 2.07. The molecule has 1 aliphatic rings. The highest BCUT2D eigenvalue weighted by molar-refractivity contribution is 8.01. The van der Waals surface area contributed by atoms with E-state index in [-0.39, 0.29) is 0 Å². The number of aliphatic imine (C=N–C) groups is 1. The molecular weight excluding hydrogens is 226 g/mol. The van der Waals surface area contributed by atoms with E-state index in [0.29, 0.717) is 10.6 Å². The van der Waals surface area contributed by atoms with Gasteiger partial charge in [0, 0.05) is 11.0 Å². The number of hydrogen-bond acceptors (Lipinski definition) is 2. The van der Waals surface area contributed by atoms with E-state index in [9.17, 15) is 0 Å². The molecule has 0 unspecified atom stereocenters. The molecule has 2 heteroatoms. The summed E-state index contributed by atoms with van der Waals surface area (Å²) in [6.07, 6.45) is 12.3. The minimum atomic E-state index is 0.579. The maximum absolute atomic E-state index is 4.81. The molecule has 0 aromatic rings. The van der Waals surface area contributed by atoms with Gasteiger partial charge in [0.1, 0.15) is 0 Å². The van der Waals surface area contributed by atoms with E-state index in [1.807, 2.05) is 0 Å². The molecule has 17 heavy (non-hydrogen) atoms. The van der Waals surface area contributed by atoms with E-state index in [2.05, 4.69) is 32.5 Å². The van der Waals surface area contributed by atoms with Crippen LogP contribution in [0.25, 0.3) is 0 Å². The molecule has 1 aliphatic heterocycles. The van der Waals surface area contributed by atoms with Gasteiger partial charge in [0.25, 0.3) is 0 Å². The summed E-state index contributed by atoms with van der Waals surface area (Å²) < 4.78 is 0. The van der Waals surface area contributed by atoms with E-state index < -0.39 is 0 Å². The Hall–Kier alpha value is 0.0200. The molecule has 0 aromatic carbocycles. The summed E-state index contributed by atoms with van der Waals surface area (Å²) in [5, 5.41) is 1.25. The summed E-state index contributed by atoms with van der Waals surface area (Å²) in [6, 6.07) is 0. The Morgan fingerprint density at radius 1 is 1.00 bits per heavy atom. The van der Waals surface area contributed by atoms with E-state index in [1.54, 1.807) is 0 Å². The first kappa shape index (κ1) is 15.1. The lowest BCUT2D eigenvalue weighted by Gasteiger charge is -2.07. The van der Waals surface area contributed by atoms with Crippen LogP contribution in [0.15, 0.2) is 4.99 Å². The lowest BCUT2D eigenvalue weighted by molar-refractivity contribution is 0.573. The molecule has 0 amide bonds. The van der Waals surface area contributed by atoms with Gasteiger partial charge in [0.05, 0.1) is 5.37 Å². The second-order valence-electron chi connectivity index (χ2n) is 5.12. The average molecular weight is 255 g/mol. The highest BCUT2D eigenvalue weighted by Gasteiger charge is 2.23. The van der Waals surface area contributed by atoms with Gasteiger partial charge in [-0.05, 0) is 19.8 Å². The molecule has 0 aromatic heterocycles. The summed E-state index contributed by atoms with van der Waals surface area (Å²) in [7, 11) is 0. The largest absolute Gasteiger partial charge is 0.279 e. The first-order chi connectivity index (χ1) is 8.27. The number of nitrogens with zero attached hydrogens (tertiary/aromatic N) is 1. The van der Waals surface area contributed by atoms with Crippen LogP contribution in [0.3, 0.4) is 0 Å². The van der Waals surface area contributed by atoms with Crippen LogP contribution in [0.1, 0.15) is 78.6 Å². The molecule has 0 saturated heterocycles. The fraction of sp³-hybridized carbons (Fsp3) is 0.933. The molecule has 2 atom stereocenters. The van der Waals surface area contributed by atoms with Gasteiger partial charge in [-0.2, -0.15) is 0 Å². The summed E-state index contributed by atoms with van der Waals surface area (Å²) in [5.74, 6) is 0. The van der Waals surface area contributed by atoms with Gasteiger partial charge in [-0.1, -0.05) is 58.8 Å². The molecule has 1 rings (SSSR count). The Morgan fingerprint density at radius 2 is 1.65 bits per heavy atom. The maximum atomic E-state index is 4.81. The van der Waals surface area contributed by atoms with Gasteiger partial charge in [-0.15, -0.1) is 11.8 Å². The van der Waals surface area contributed by atoms with Crippen molar-refractivity contribution in [1.82, 2.24) is 0 Å². The minimum Gasteiger partial charge on any atom is -0.279 e. The predicted molar refractivity (Wildman–Crippen MR) is 81.2 cm³/mol. The summed E-state index contributed by atoms with van der Waals surface area (Å²) in [6.45, 7) is 6.81. The van der Waals surface area contributed by atoms with Crippen LogP contribution in [0.4, 0.5) is 0 Å². The van der Waals surface area contributed by atoms with Crippen molar-refractivity contribution in [3.05, 3.63) is 0 Å². The standard InChI is InChI=1S/C15H29NS/c1-4-6-7-8-9-10-11-12-15-16-14(5-2)13(3)17-15/h13,15H,4-12H2,1-3H3/t13-,15-/m1/s1. The third kappa shape index (κ3) is 5.94. The molecule has 0 N–H and O–H groups in total. The van der Waals surface area contributed by atoms with Crippen molar-refractivity contribution in [3.8, 4) is 0 Å². The van der Waals surface area contributed by atoms with Gasteiger partial charge in [-0.25, -0.2) is 0 Å². The van der Waals surface area contributed by atoms with Gasteiger partial charge in [-0.3, -0.25) is 4.99 Å². The quantitative estimate of drug-likeness (QED) is 0.500. The van der Waals surface area contributed by atoms with Crippen molar-refractivity contribution in [2.45, 2.75) is 89.2 Å². The number of hydrogen-bond donors (Lipinski definition) is 0. The Balaban J connectivity index is 1.99. The second-order valence-corrected chi connectivity index (χ2v) is 6.64. The van der Waals surface area contributed by atoms with Crippen LogP contribution < -0.4 is 0 Å². The number of rotatable bonds is 9. The molecule has 0 saturated carbocycles. The van der Waals surface area contributed by atoms with Crippen molar-refractivity contribution in [2.24, 2.45) is 4.99 Å². The highest BCUT2D eigenvalue weighted by atomic mass is 32.2. The first-order valence-electron chi connectivity index (χ1n) is 7.50. The molecule has 1 nitrogen and oxygen atoms in total. The van der Waals surface area contributed by atoms with Crippen molar-refractivity contribution in [3.63, 3.8) is 0 Å². The molecule has 0 spiro atoms. The zero-order valence-corrected chi connectivity index (χ0v) is 12.7. The lowest BCUT2D eigenvalue weighted by Crippen LogP contribution is -2.06. The Labute approximate surface area is 112 Å². The van der Waals surface area contributed by atoms with Crippen LogP contribution in [0, 0.1) is 0 Å². The monoisotopic (exact) mass is 255 g/mol.